The van der Waals surface area contributed by atoms with Crippen molar-refractivity contribution in [1.29, 1.82) is 0 Å². The van der Waals surface area contributed by atoms with E-state index in [2.05, 4.69) is 29.9 Å². The molecule has 2 unspecified atom stereocenters. The number of aromatic carboxylic acids is 2. The van der Waals surface area contributed by atoms with Gasteiger partial charge in [-0.1, -0.05) is 52.0 Å². The van der Waals surface area contributed by atoms with Crippen molar-refractivity contribution in [2.45, 2.75) is 78.7 Å². The fraction of sp³-hybridized carbons (Fsp3) is 0.273. The molecule has 2 atom stereocenters. The van der Waals surface area contributed by atoms with E-state index < -0.39 is 119 Å². The third kappa shape index (κ3) is 13.5. The molecule has 16 nitrogen and oxygen atoms in total. The van der Waals surface area contributed by atoms with Crippen LogP contribution in [0.2, 0.25) is 0 Å². The summed E-state index contributed by atoms with van der Waals surface area (Å²) in [5.41, 5.74) is -3.18. The Morgan fingerprint density at radius 3 is 1.22 bits per heavy atom. The fourth-order valence-corrected chi connectivity index (χ4v) is 11.2. The van der Waals surface area contributed by atoms with Gasteiger partial charge in [0.15, 0.2) is 11.6 Å². The first-order valence-corrected chi connectivity index (χ1v) is 28.7. The van der Waals surface area contributed by atoms with Crippen LogP contribution in [0.5, 0.6) is 12.0 Å². The highest BCUT2D eigenvalue weighted by atomic mass is 19.3. The summed E-state index contributed by atoms with van der Waals surface area (Å²) >= 11 is 0. The standard InChI is InChI=1S/2C33H26F6N4O4/c2*1-33(2)15-46-14-27(33)43-26-10-19(31(44)45)9-24(37)29(26)42-28(43)11-18-8-23(36)20(12-22(18)35)25-5-6-40-32(41-25)47-13-17-4-3-16(30(38)39)7-21(17)34/h2*3-10,12,27,30H,11,13-15H2,1-2H3,(H,44,45). The maximum Gasteiger partial charge on any atom is 0.335 e. The molecule has 4 aromatic heterocycles. The molecule has 0 aliphatic carbocycles. The Morgan fingerprint density at radius 2 is 0.883 bits per heavy atom. The van der Waals surface area contributed by atoms with E-state index in [1.165, 1.54) is 36.7 Å². The Kier molecular flexibility index (Phi) is 18.3. The lowest BCUT2D eigenvalue weighted by Crippen LogP contribution is -2.27. The third-order valence-corrected chi connectivity index (χ3v) is 16.2. The Labute approximate surface area is 525 Å². The summed E-state index contributed by atoms with van der Waals surface area (Å²) in [5.74, 6) is -9.22. The van der Waals surface area contributed by atoms with Gasteiger partial charge in [-0.3, -0.25) is 0 Å². The molecule has 0 spiro atoms. The molecule has 6 heterocycles. The first-order chi connectivity index (χ1) is 44.6. The normalized spacial score (nSPS) is 15.9. The van der Waals surface area contributed by atoms with Gasteiger partial charge in [-0.2, -0.15) is 9.97 Å². The molecular formula is C66H52F12N8O8. The Balaban J connectivity index is 0.000000192. The molecule has 2 fully saturated rings. The zero-order valence-corrected chi connectivity index (χ0v) is 49.8. The Bertz CT molecular complexity index is 4320. The van der Waals surface area contributed by atoms with Crippen LogP contribution in [0.25, 0.3) is 44.6 Å². The number of aromatic nitrogens is 8. The molecule has 0 amide bonds. The van der Waals surface area contributed by atoms with Crippen molar-refractivity contribution in [2.24, 2.45) is 10.8 Å². The Morgan fingerprint density at radius 1 is 0.500 bits per heavy atom. The minimum absolute atomic E-state index is 0.0392. The first kappa shape index (κ1) is 65.5. The predicted molar refractivity (Wildman–Crippen MR) is 312 cm³/mol. The smallest absolute Gasteiger partial charge is 0.335 e. The summed E-state index contributed by atoms with van der Waals surface area (Å²) in [5, 5.41) is 19.1. The number of benzene rings is 6. The average Bonchev–Trinajstić information content (AvgIpc) is 1.59. The van der Waals surface area contributed by atoms with Crippen LogP contribution in [0.15, 0.2) is 109 Å². The predicted octanol–water partition coefficient (Wildman–Crippen LogP) is 14.9. The highest BCUT2D eigenvalue weighted by molar-refractivity contribution is 5.94. The van der Waals surface area contributed by atoms with E-state index in [9.17, 15) is 46.1 Å². The molecule has 0 saturated carbocycles. The van der Waals surface area contributed by atoms with Gasteiger partial charge in [-0.05, 0) is 83.9 Å². The van der Waals surface area contributed by atoms with Gasteiger partial charge >= 0.3 is 24.0 Å². The monoisotopic (exact) mass is 1310 g/mol. The minimum atomic E-state index is -2.84. The van der Waals surface area contributed by atoms with Gasteiger partial charge in [0.1, 0.15) is 70.8 Å². The van der Waals surface area contributed by atoms with Crippen LogP contribution in [-0.2, 0) is 35.5 Å². The first-order valence-electron chi connectivity index (χ1n) is 28.7. The van der Waals surface area contributed by atoms with Crippen molar-refractivity contribution >= 4 is 34.0 Å². The molecule has 94 heavy (non-hydrogen) atoms. The number of carbonyl (C=O) groups is 2. The number of imidazole rings is 2. The number of halogens is 12. The van der Waals surface area contributed by atoms with E-state index in [0.717, 1.165) is 60.7 Å². The van der Waals surface area contributed by atoms with Gasteiger partial charge < -0.3 is 38.3 Å². The summed E-state index contributed by atoms with van der Waals surface area (Å²) in [4.78, 5) is 48.2. The molecule has 6 aromatic carbocycles. The van der Waals surface area contributed by atoms with Crippen LogP contribution in [-0.4, -0.2) is 87.6 Å². The maximum atomic E-state index is 15.6. The van der Waals surface area contributed by atoms with Crippen molar-refractivity contribution in [2.75, 3.05) is 26.4 Å². The highest BCUT2D eigenvalue weighted by Crippen LogP contribution is 2.43. The number of carboxylic acid groups (broad SMARTS) is 2. The molecule has 2 aliphatic rings. The summed E-state index contributed by atoms with van der Waals surface area (Å²) in [7, 11) is 0. The van der Waals surface area contributed by atoms with Crippen LogP contribution in [0.4, 0.5) is 52.7 Å². The van der Waals surface area contributed by atoms with E-state index >= 15 is 26.3 Å². The number of hydrogen-bond donors (Lipinski definition) is 2. The lowest BCUT2D eigenvalue weighted by atomic mass is 9.87. The molecule has 2 aliphatic heterocycles. The topological polar surface area (TPSA) is 199 Å². The molecule has 10 aromatic rings. The molecule has 488 valence electrons. The number of hydrogen-bond acceptors (Lipinski definition) is 12. The third-order valence-electron chi connectivity index (χ3n) is 16.2. The SMILES string of the molecule is CC1(C)COCC1n1c(Cc2cc(F)c(-c3ccnc(OCc4ccc(C(F)F)cc4F)n3)cc2F)nc2c(F)cc(C(=O)O)cc21.CC1(C)COCC1n1c(Cc2cc(F)c(-c3ccnc(OCc4ccc(C(F)F)cc4F)n3)cc2F)nc2c(F)cc(C(=O)O)cc21. The van der Waals surface area contributed by atoms with E-state index in [-0.39, 0.29) is 128 Å². The second-order valence-corrected chi connectivity index (χ2v) is 23.6. The maximum absolute atomic E-state index is 15.6. The van der Waals surface area contributed by atoms with Crippen LogP contribution in [0.1, 0.15) is 118 Å². The zero-order valence-electron chi connectivity index (χ0n) is 49.8. The average molecular weight is 1310 g/mol. The van der Waals surface area contributed by atoms with Crippen molar-refractivity contribution in [1.82, 2.24) is 39.0 Å². The molecule has 0 bridgehead atoms. The van der Waals surface area contributed by atoms with Gasteiger partial charge in [-0.15, -0.1) is 0 Å². The van der Waals surface area contributed by atoms with E-state index in [4.69, 9.17) is 18.9 Å². The molecular weight excluding hydrogens is 1260 g/mol. The molecule has 0 radical (unpaired) electrons. The van der Waals surface area contributed by atoms with Gasteiger partial charge in [0, 0.05) is 69.4 Å². The van der Waals surface area contributed by atoms with Gasteiger partial charge in [0.05, 0.1) is 72.1 Å². The van der Waals surface area contributed by atoms with Crippen LogP contribution >= 0.6 is 0 Å². The second-order valence-electron chi connectivity index (χ2n) is 23.6. The van der Waals surface area contributed by atoms with Gasteiger partial charge in [0.2, 0.25) is 0 Å². The molecule has 28 heteroatoms. The summed E-state index contributed by atoms with van der Waals surface area (Å²) < 4.78 is 198. The lowest BCUT2D eigenvalue weighted by Gasteiger charge is -2.28. The number of carboxylic acids is 2. The van der Waals surface area contributed by atoms with Crippen LogP contribution in [0, 0.1) is 57.4 Å². The number of fused-ring (bicyclic) bond motifs is 2. The largest absolute Gasteiger partial charge is 0.478 e. The summed E-state index contributed by atoms with van der Waals surface area (Å²) in [6, 6.07) is 15.1. The van der Waals surface area contributed by atoms with Crippen molar-refractivity contribution < 1.29 is 91.4 Å². The molecule has 2 saturated heterocycles. The fourth-order valence-electron chi connectivity index (χ4n) is 11.2. The zero-order chi connectivity index (χ0) is 67.2. The van der Waals surface area contributed by atoms with Crippen LogP contribution in [0.3, 0.4) is 0 Å². The second kappa shape index (κ2) is 26.2. The van der Waals surface area contributed by atoms with Crippen molar-refractivity contribution in [3.05, 3.63) is 212 Å². The minimum Gasteiger partial charge on any atom is -0.478 e. The van der Waals surface area contributed by atoms with Crippen molar-refractivity contribution in [3.63, 3.8) is 0 Å². The number of nitrogens with zero attached hydrogens (tertiary/aromatic N) is 8. The number of alkyl halides is 4. The molecule has 2 N–H and O–H groups in total. The van der Waals surface area contributed by atoms with Gasteiger partial charge in [0.25, 0.3) is 12.9 Å². The highest BCUT2D eigenvalue weighted by Gasteiger charge is 2.41. The number of rotatable bonds is 18. The number of ether oxygens (including phenoxy) is 4. The Hall–Kier alpha value is -9.96. The van der Waals surface area contributed by atoms with Gasteiger partial charge in [-0.25, -0.2) is 82.2 Å². The van der Waals surface area contributed by atoms with Crippen LogP contribution < -0.4 is 9.47 Å². The molecule has 12 rings (SSSR count). The quantitative estimate of drug-likeness (QED) is 0.0769. The van der Waals surface area contributed by atoms with E-state index in [1.54, 1.807) is 9.13 Å². The van der Waals surface area contributed by atoms with E-state index in [1.807, 2.05) is 27.7 Å². The summed E-state index contributed by atoms with van der Waals surface area (Å²) in [6.07, 6.45) is -3.75. The van der Waals surface area contributed by atoms with Crippen molar-refractivity contribution in [3.8, 4) is 34.5 Å². The van der Waals surface area contributed by atoms with E-state index in [0.29, 0.717) is 25.3 Å². The summed E-state index contributed by atoms with van der Waals surface area (Å²) in [6.45, 7) is 8.02. The lowest BCUT2D eigenvalue weighted by molar-refractivity contribution is 0.0686.